The van der Waals surface area contributed by atoms with E-state index in [-0.39, 0.29) is 62.0 Å². The maximum absolute atomic E-state index is 9.01. The van der Waals surface area contributed by atoms with Gasteiger partial charge in [0.15, 0.2) is 0 Å². The van der Waals surface area contributed by atoms with Crippen molar-refractivity contribution in [1.82, 2.24) is 0 Å². The first-order chi connectivity index (χ1) is 2.27. The molecule has 0 radical (unpaired) electrons. The number of carbonyl (C=O) groups is 1. The molecular formula is CH4N2Na2O2. The third-order valence-corrected chi connectivity index (χ3v) is 0.0956. The van der Waals surface area contributed by atoms with Gasteiger partial charge in [0.25, 0.3) is 0 Å². The molecule has 0 aromatic rings. The van der Waals surface area contributed by atoms with Crippen molar-refractivity contribution in [1.29, 1.82) is 5.53 Å². The quantitative estimate of drug-likeness (QED) is 0.249. The number of hydrogen-bond donors (Lipinski definition) is 2. The van der Waals surface area contributed by atoms with Crippen LogP contribution >= 0.6 is 0 Å². The summed E-state index contributed by atoms with van der Waals surface area (Å²) in [6.45, 7) is 0. The van der Waals surface area contributed by atoms with E-state index in [2.05, 4.69) is 5.11 Å². The van der Waals surface area contributed by atoms with Gasteiger partial charge in [-0.2, -0.15) is 5.53 Å². The van der Waals surface area contributed by atoms with Gasteiger partial charge in [0, 0.05) is 0 Å². The van der Waals surface area contributed by atoms with Crippen LogP contribution in [0.4, 0.5) is 4.79 Å². The van der Waals surface area contributed by atoms with Crippen LogP contribution in [0, 0.1) is 5.53 Å². The summed E-state index contributed by atoms with van der Waals surface area (Å²) in [6.07, 6.45) is -1.45. The van der Waals surface area contributed by atoms with E-state index >= 15 is 0 Å². The van der Waals surface area contributed by atoms with Crippen LogP contribution in [0.1, 0.15) is 2.85 Å². The van der Waals surface area contributed by atoms with Crippen LogP contribution in [-0.4, -0.2) is 11.2 Å². The van der Waals surface area contributed by atoms with Crippen LogP contribution < -0.4 is 59.1 Å². The second kappa shape index (κ2) is 10.1. The van der Waals surface area contributed by atoms with Crippen molar-refractivity contribution in [3.05, 3.63) is 0 Å². The minimum atomic E-state index is -1.45. The monoisotopic (exact) mass is 122 g/mol. The molecule has 0 aromatic heterocycles. The van der Waals surface area contributed by atoms with Gasteiger partial charge in [-0.25, -0.2) is 4.79 Å². The maximum Gasteiger partial charge on any atom is 1.00 e. The van der Waals surface area contributed by atoms with Gasteiger partial charge in [0.1, 0.15) is 0 Å². The molecule has 7 heavy (non-hydrogen) atoms. The zero-order chi connectivity index (χ0) is 4.28. The Kier molecular flexibility index (Phi) is 22.7. The number of nitrogens with one attached hydrogen (secondary N) is 1. The Morgan fingerprint density at radius 2 is 1.86 bits per heavy atom. The Hall–Kier alpha value is 1.07. The standard InChI is InChI=1S/CH2N2O2.2Na.2H/c2-3-1(4)5;;;;/h2H,(H,4,5);;;;/q;2*+1;2*-1. The molecule has 0 saturated heterocycles. The Labute approximate surface area is 87.7 Å². The van der Waals surface area contributed by atoms with Gasteiger partial charge >= 0.3 is 65.2 Å². The summed E-state index contributed by atoms with van der Waals surface area (Å²) in [5, 5.41) is 9.42. The van der Waals surface area contributed by atoms with Crippen molar-refractivity contribution in [3.63, 3.8) is 0 Å². The summed E-state index contributed by atoms with van der Waals surface area (Å²) in [5.74, 6) is 0. The average molecular weight is 122 g/mol. The summed E-state index contributed by atoms with van der Waals surface area (Å²) in [5.41, 5.74) is 5.68. The van der Waals surface area contributed by atoms with Gasteiger partial charge in [-0.15, -0.1) is 0 Å². The normalized spacial score (nSPS) is 4.57. The van der Waals surface area contributed by atoms with Gasteiger partial charge in [0.05, 0.1) is 0 Å². The molecule has 0 rings (SSSR count). The van der Waals surface area contributed by atoms with Crippen molar-refractivity contribution < 1.29 is 71.9 Å². The topological polar surface area (TPSA) is 73.5 Å². The number of carboxylic acid groups (broad SMARTS) is 1. The molecule has 0 unspecified atom stereocenters. The first-order valence-corrected chi connectivity index (χ1v) is 0.875. The van der Waals surface area contributed by atoms with Crippen molar-refractivity contribution in [2.45, 2.75) is 0 Å². The molecule has 1 amide bonds. The zero-order valence-corrected chi connectivity index (χ0v) is 8.30. The molecule has 0 heterocycles. The van der Waals surface area contributed by atoms with Crippen molar-refractivity contribution >= 4 is 6.09 Å². The summed E-state index contributed by atoms with van der Waals surface area (Å²) in [7, 11) is 0. The van der Waals surface area contributed by atoms with Crippen LogP contribution in [0.15, 0.2) is 5.11 Å². The molecule has 0 aliphatic heterocycles. The van der Waals surface area contributed by atoms with E-state index in [4.69, 9.17) is 15.4 Å². The van der Waals surface area contributed by atoms with Gasteiger partial charge < -0.3 is 7.96 Å². The van der Waals surface area contributed by atoms with Crippen LogP contribution in [-0.2, 0) is 0 Å². The molecule has 4 nitrogen and oxygen atoms in total. The summed E-state index contributed by atoms with van der Waals surface area (Å²) in [4.78, 5) is 9.01. The molecule has 0 aliphatic rings. The second-order valence-corrected chi connectivity index (χ2v) is 0.394. The Balaban J connectivity index is -0.0000000133. The largest absolute Gasteiger partial charge is 1.00 e. The van der Waals surface area contributed by atoms with E-state index in [1.165, 1.54) is 0 Å². The predicted octanol–water partition coefficient (Wildman–Crippen LogP) is -5.07. The van der Waals surface area contributed by atoms with E-state index in [0.29, 0.717) is 0 Å². The molecule has 6 heteroatoms. The molecule has 2 N–H and O–H groups in total. The first-order valence-electron chi connectivity index (χ1n) is 0.875. The van der Waals surface area contributed by atoms with Crippen molar-refractivity contribution in [2.24, 2.45) is 5.11 Å². The molecule has 0 spiro atoms. The molecule has 0 saturated carbocycles. The van der Waals surface area contributed by atoms with Gasteiger partial charge in [-0.3, -0.25) is 0 Å². The van der Waals surface area contributed by atoms with E-state index in [9.17, 15) is 0 Å². The number of amides is 1. The SMILES string of the molecule is N=NC(=O)O.[H-].[H-].[Na+].[Na+]. The smallest absolute Gasteiger partial charge is 1.00 e. The van der Waals surface area contributed by atoms with Crippen molar-refractivity contribution in [2.75, 3.05) is 0 Å². The van der Waals surface area contributed by atoms with Gasteiger partial charge in [0.2, 0.25) is 0 Å². The summed E-state index contributed by atoms with van der Waals surface area (Å²) in [6, 6.07) is 0. The molecular weight excluding hydrogens is 118 g/mol. The minimum absolute atomic E-state index is 0. The average Bonchev–Trinajstić information content (AvgIpc) is 1.38. The Morgan fingerprint density at radius 1 is 1.71 bits per heavy atom. The second-order valence-electron chi connectivity index (χ2n) is 0.394. The van der Waals surface area contributed by atoms with Crippen LogP contribution in [0.25, 0.3) is 0 Å². The Morgan fingerprint density at radius 3 is 1.86 bits per heavy atom. The molecule has 0 aromatic carbocycles. The van der Waals surface area contributed by atoms with Gasteiger partial charge in [-0.05, 0) is 0 Å². The molecule has 0 bridgehead atoms. The van der Waals surface area contributed by atoms with Crippen LogP contribution in [0.5, 0.6) is 0 Å². The maximum atomic E-state index is 9.01. The molecule has 0 fully saturated rings. The predicted molar refractivity (Wildman–Crippen MR) is 15.4 cm³/mol. The number of hydrogen-bond acceptors (Lipinski definition) is 2. The van der Waals surface area contributed by atoms with E-state index in [0.717, 1.165) is 0 Å². The molecule has 32 valence electrons. The molecule has 0 aliphatic carbocycles. The fourth-order valence-corrected chi connectivity index (χ4v) is 0. The number of nitrogens with zero attached hydrogens (tertiary/aromatic N) is 1. The summed E-state index contributed by atoms with van der Waals surface area (Å²) >= 11 is 0. The van der Waals surface area contributed by atoms with Gasteiger partial charge in [-0.1, -0.05) is 5.11 Å². The van der Waals surface area contributed by atoms with E-state index < -0.39 is 6.09 Å². The fraction of sp³-hybridized carbons (Fsp3) is 0. The molecule has 0 atom stereocenters. The fourth-order valence-electron chi connectivity index (χ4n) is 0. The summed E-state index contributed by atoms with van der Waals surface area (Å²) < 4.78 is 0. The first kappa shape index (κ1) is 15.7. The van der Waals surface area contributed by atoms with Crippen molar-refractivity contribution in [3.8, 4) is 0 Å². The van der Waals surface area contributed by atoms with Crippen LogP contribution in [0.2, 0.25) is 0 Å². The number of rotatable bonds is 0. The van der Waals surface area contributed by atoms with Crippen LogP contribution in [0.3, 0.4) is 0 Å². The zero-order valence-electron chi connectivity index (χ0n) is 6.30. The third-order valence-electron chi connectivity index (χ3n) is 0.0956. The Bertz CT molecular complexity index is 71.6. The van der Waals surface area contributed by atoms with E-state index in [1.54, 1.807) is 0 Å². The minimum Gasteiger partial charge on any atom is -1.00 e. The third kappa shape index (κ3) is 19.3. The van der Waals surface area contributed by atoms with E-state index in [1.807, 2.05) is 0 Å².